The van der Waals surface area contributed by atoms with Crippen LogP contribution in [0.1, 0.15) is 37.0 Å². The average molecular weight is 205 g/mol. The second-order valence-corrected chi connectivity index (χ2v) is 3.78. The summed E-state index contributed by atoms with van der Waals surface area (Å²) in [5.41, 5.74) is 2.30. The Morgan fingerprint density at radius 1 is 1.60 bits per heavy atom. The summed E-state index contributed by atoms with van der Waals surface area (Å²) in [5, 5.41) is 0. The van der Waals surface area contributed by atoms with Gasteiger partial charge in [-0.25, -0.2) is 0 Å². The number of rotatable bonds is 2. The summed E-state index contributed by atoms with van der Waals surface area (Å²) in [6, 6.07) is 1.96. The van der Waals surface area contributed by atoms with E-state index < -0.39 is 0 Å². The van der Waals surface area contributed by atoms with Crippen molar-refractivity contribution in [1.29, 1.82) is 0 Å². The number of carbonyl (C=O) groups is 1. The molecular weight excluding hydrogens is 190 g/mol. The van der Waals surface area contributed by atoms with E-state index in [9.17, 15) is 4.79 Å². The minimum Gasteiger partial charge on any atom is -0.373 e. The molecule has 0 N–H and O–H groups in total. The number of nitrogens with zero attached hydrogens (tertiary/aromatic N) is 1. The third-order valence-electron chi connectivity index (χ3n) is 2.78. The summed E-state index contributed by atoms with van der Waals surface area (Å²) in [6.45, 7) is 2.64. The fourth-order valence-corrected chi connectivity index (χ4v) is 1.93. The zero-order chi connectivity index (χ0) is 10.7. The Bertz CT molecular complexity index is 362. The number of pyridine rings is 1. The summed E-state index contributed by atoms with van der Waals surface area (Å²) >= 11 is 0. The van der Waals surface area contributed by atoms with Gasteiger partial charge in [-0.15, -0.1) is 0 Å². The van der Waals surface area contributed by atoms with E-state index in [2.05, 4.69) is 11.9 Å². The van der Waals surface area contributed by atoms with Gasteiger partial charge >= 0.3 is 0 Å². The van der Waals surface area contributed by atoms with Gasteiger partial charge in [-0.3, -0.25) is 9.78 Å². The lowest BCUT2D eigenvalue weighted by molar-refractivity contribution is -0.128. The van der Waals surface area contributed by atoms with Crippen LogP contribution in [0.4, 0.5) is 0 Å². The van der Waals surface area contributed by atoms with Crippen LogP contribution in [-0.2, 0) is 16.0 Å². The first-order valence-corrected chi connectivity index (χ1v) is 5.37. The molecule has 0 saturated carbocycles. The van der Waals surface area contributed by atoms with Crippen molar-refractivity contribution >= 4 is 5.78 Å². The number of ketones is 1. The highest BCUT2D eigenvalue weighted by molar-refractivity contribution is 5.79. The molecule has 1 aromatic rings. The smallest absolute Gasteiger partial charge is 0.138 e. The van der Waals surface area contributed by atoms with Gasteiger partial charge in [-0.1, -0.05) is 6.92 Å². The van der Waals surface area contributed by atoms with Gasteiger partial charge in [0.2, 0.25) is 0 Å². The average Bonchev–Trinajstić information content (AvgIpc) is 2.29. The standard InChI is InChI=1S/C12H15NO2/c1-2-9-8-13-5-3-11(9)12-7-10(14)4-6-15-12/h3,5,8,12H,2,4,6-7H2,1H3. The Morgan fingerprint density at radius 3 is 3.20 bits per heavy atom. The van der Waals surface area contributed by atoms with Crippen molar-refractivity contribution in [2.45, 2.75) is 32.3 Å². The number of aromatic nitrogens is 1. The number of hydrogen-bond acceptors (Lipinski definition) is 3. The van der Waals surface area contributed by atoms with Crippen molar-refractivity contribution in [3.05, 3.63) is 29.6 Å². The van der Waals surface area contributed by atoms with Crippen LogP contribution in [0.25, 0.3) is 0 Å². The van der Waals surface area contributed by atoms with E-state index in [0.717, 1.165) is 12.0 Å². The molecule has 1 aliphatic heterocycles. The lowest BCUT2D eigenvalue weighted by Crippen LogP contribution is -2.20. The Kier molecular flexibility index (Phi) is 3.11. The van der Waals surface area contributed by atoms with Crippen molar-refractivity contribution < 1.29 is 9.53 Å². The molecule has 1 aliphatic rings. The van der Waals surface area contributed by atoms with Crippen molar-refractivity contribution in [2.75, 3.05) is 6.61 Å². The van der Waals surface area contributed by atoms with Gasteiger partial charge in [0, 0.05) is 25.2 Å². The number of carbonyl (C=O) groups excluding carboxylic acids is 1. The molecule has 80 valence electrons. The second-order valence-electron chi connectivity index (χ2n) is 3.78. The topological polar surface area (TPSA) is 39.2 Å². The molecule has 3 heteroatoms. The number of aryl methyl sites for hydroxylation is 1. The molecule has 2 heterocycles. The summed E-state index contributed by atoms with van der Waals surface area (Å²) in [4.78, 5) is 15.4. The summed E-state index contributed by atoms with van der Waals surface area (Å²) in [6.07, 6.45) is 5.57. The molecule has 0 bridgehead atoms. The predicted molar refractivity (Wildman–Crippen MR) is 56.5 cm³/mol. The van der Waals surface area contributed by atoms with E-state index in [4.69, 9.17) is 4.74 Å². The summed E-state index contributed by atoms with van der Waals surface area (Å²) in [7, 11) is 0. The van der Waals surface area contributed by atoms with E-state index in [1.807, 2.05) is 12.3 Å². The van der Waals surface area contributed by atoms with Gasteiger partial charge in [0.1, 0.15) is 5.78 Å². The Labute approximate surface area is 89.5 Å². The van der Waals surface area contributed by atoms with E-state index in [1.54, 1.807) is 6.20 Å². The maximum absolute atomic E-state index is 11.4. The van der Waals surface area contributed by atoms with Gasteiger partial charge in [0.15, 0.2) is 0 Å². The van der Waals surface area contributed by atoms with Crippen LogP contribution in [-0.4, -0.2) is 17.4 Å². The van der Waals surface area contributed by atoms with Gasteiger partial charge in [0.25, 0.3) is 0 Å². The lowest BCUT2D eigenvalue weighted by atomic mass is 9.97. The van der Waals surface area contributed by atoms with Crippen LogP contribution in [0.2, 0.25) is 0 Å². The van der Waals surface area contributed by atoms with Crippen LogP contribution in [0.3, 0.4) is 0 Å². The molecule has 0 aromatic carbocycles. The van der Waals surface area contributed by atoms with Crippen molar-refractivity contribution in [1.82, 2.24) is 4.98 Å². The largest absolute Gasteiger partial charge is 0.373 e. The predicted octanol–water partition coefficient (Wildman–Crippen LogP) is 2.06. The Balaban J connectivity index is 2.24. The van der Waals surface area contributed by atoms with E-state index in [-0.39, 0.29) is 6.10 Å². The fraction of sp³-hybridized carbons (Fsp3) is 0.500. The molecule has 1 aromatic heterocycles. The summed E-state index contributed by atoms with van der Waals surface area (Å²) < 4.78 is 5.63. The maximum atomic E-state index is 11.4. The van der Waals surface area contributed by atoms with E-state index in [1.165, 1.54) is 5.56 Å². The van der Waals surface area contributed by atoms with E-state index >= 15 is 0 Å². The number of Topliss-reactive ketones (excluding diaryl/α,β-unsaturated/α-hetero) is 1. The third-order valence-corrected chi connectivity index (χ3v) is 2.78. The van der Waals surface area contributed by atoms with Gasteiger partial charge in [-0.2, -0.15) is 0 Å². The van der Waals surface area contributed by atoms with Crippen LogP contribution in [0, 0.1) is 0 Å². The number of hydrogen-bond donors (Lipinski definition) is 0. The number of ether oxygens (including phenoxy) is 1. The molecule has 0 spiro atoms. The summed E-state index contributed by atoms with van der Waals surface area (Å²) in [5.74, 6) is 0.296. The van der Waals surface area contributed by atoms with Crippen molar-refractivity contribution in [3.63, 3.8) is 0 Å². The first-order chi connectivity index (χ1) is 7.31. The van der Waals surface area contributed by atoms with Crippen LogP contribution in [0.15, 0.2) is 18.5 Å². The first-order valence-electron chi connectivity index (χ1n) is 5.37. The van der Waals surface area contributed by atoms with Crippen molar-refractivity contribution in [3.8, 4) is 0 Å². The SMILES string of the molecule is CCc1cnccc1C1CC(=O)CCO1. The third kappa shape index (κ3) is 2.23. The van der Waals surface area contributed by atoms with Gasteiger partial charge < -0.3 is 4.74 Å². The van der Waals surface area contributed by atoms with Gasteiger partial charge in [-0.05, 0) is 23.6 Å². The quantitative estimate of drug-likeness (QED) is 0.742. The Hall–Kier alpha value is -1.22. The lowest BCUT2D eigenvalue weighted by Gasteiger charge is -2.23. The van der Waals surface area contributed by atoms with E-state index in [0.29, 0.717) is 25.2 Å². The maximum Gasteiger partial charge on any atom is 0.138 e. The molecule has 1 saturated heterocycles. The molecular formula is C12H15NO2. The molecule has 1 atom stereocenters. The molecule has 0 aliphatic carbocycles. The molecule has 2 rings (SSSR count). The Morgan fingerprint density at radius 2 is 2.47 bits per heavy atom. The second kappa shape index (κ2) is 4.53. The van der Waals surface area contributed by atoms with Crippen LogP contribution >= 0.6 is 0 Å². The normalized spacial score (nSPS) is 21.7. The fourth-order valence-electron chi connectivity index (χ4n) is 1.93. The molecule has 1 fully saturated rings. The van der Waals surface area contributed by atoms with Crippen LogP contribution < -0.4 is 0 Å². The molecule has 0 amide bonds. The molecule has 0 radical (unpaired) electrons. The highest BCUT2D eigenvalue weighted by Crippen LogP contribution is 2.28. The molecule has 15 heavy (non-hydrogen) atoms. The first kappa shape index (κ1) is 10.3. The molecule has 1 unspecified atom stereocenters. The van der Waals surface area contributed by atoms with Gasteiger partial charge in [0.05, 0.1) is 12.7 Å². The zero-order valence-corrected chi connectivity index (χ0v) is 8.90. The highest BCUT2D eigenvalue weighted by Gasteiger charge is 2.23. The minimum absolute atomic E-state index is 0.0517. The monoisotopic (exact) mass is 205 g/mol. The highest BCUT2D eigenvalue weighted by atomic mass is 16.5. The minimum atomic E-state index is -0.0517. The van der Waals surface area contributed by atoms with Crippen molar-refractivity contribution in [2.24, 2.45) is 0 Å². The zero-order valence-electron chi connectivity index (χ0n) is 8.90. The van der Waals surface area contributed by atoms with Crippen LogP contribution in [0.5, 0.6) is 0 Å². The molecule has 3 nitrogen and oxygen atoms in total.